The molecule has 0 aliphatic carbocycles. The van der Waals surface area contributed by atoms with Crippen LogP contribution in [0.2, 0.25) is 5.02 Å². The molecule has 0 fully saturated rings. The van der Waals surface area contributed by atoms with Crippen molar-refractivity contribution in [3.63, 3.8) is 0 Å². The maximum absolute atomic E-state index is 5.71. The lowest BCUT2D eigenvalue weighted by molar-refractivity contribution is 0.256. The summed E-state index contributed by atoms with van der Waals surface area (Å²) in [6.07, 6.45) is 1.13. The second kappa shape index (κ2) is 5.13. The predicted octanol–water partition coefficient (Wildman–Crippen LogP) is 3.57. The lowest BCUT2D eigenvalue weighted by Gasteiger charge is -2.10. The maximum Gasteiger partial charge on any atom is 0.127 e. The van der Waals surface area contributed by atoms with Gasteiger partial charge in [0.25, 0.3) is 0 Å². The average molecular weight is 198 g/mol. The molecule has 1 atom stereocenters. The first-order valence-electron chi connectivity index (χ1n) is 4.52. The minimum absolute atomic E-state index is 0.587. The van der Waals surface area contributed by atoms with Gasteiger partial charge < -0.3 is 4.74 Å². The van der Waals surface area contributed by atoms with Gasteiger partial charge in [-0.2, -0.15) is 0 Å². The summed E-state index contributed by atoms with van der Waals surface area (Å²) in [5.74, 6) is 1.36. The van der Waals surface area contributed by atoms with Crippen molar-refractivity contribution in [2.24, 2.45) is 5.92 Å². The lowest BCUT2D eigenvalue weighted by atomic mass is 10.1. The van der Waals surface area contributed by atoms with E-state index >= 15 is 0 Å². The van der Waals surface area contributed by atoms with Gasteiger partial charge in [0.2, 0.25) is 0 Å². The first-order chi connectivity index (χ1) is 6.22. The Kier molecular flexibility index (Phi) is 4.10. The predicted molar refractivity (Wildman–Crippen MR) is 55.2 cm³/mol. The summed E-state index contributed by atoms with van der Waals surface area (Å²) in [5.41, 5.74) is 0. The zero-order valence-corrected chi connectivity index (χ0v) is 8.77. The SMILES string of the molecule is CC[C@@H](C)COc1[c]cc(Cl)cc1. The van der Waals surface area contributed by atoms with Crippen molar-refractivity contribution >= 4 is 11.6 Å². The molecule has 1 aromatic carbocycles. The van der Waals surface area contributed by atoms with Gasteiger partial charge in [-0.1, -0.05) is 31.9 Å². The molecule has 0 saturated carbocycles. The number of halogens is 1. The minimum atomic E-state index is 0.587. The second-order valence-corrected chi connectivity index (χ2v) is 3.63. The standard InChI is InChI=1S/C11H14ClO/c1-3-9(2)8-13-11-6-4-10(12)5-7-11/h4-6,9H,3,8H2,1-2H3/t9-/m1/s1. The molecule has 1 rings (SSSR count). The number of rotatable bonds is 4. The third kappa shape index (κ3) is 3.69. The first kappa shape index (κ1) is 10.4. The molecule has 0 spiro atoms. The quantitative estimate of drug-likeness (QED) is 0.717. The van der Waals surface area contributed by atoms with Crippen molar-refractivity contribution < 1.29 is 4.74 Å². The Morgan fingerprint density at radius 2 is 2.31 bits per heavy atom. The monoisotopic (exact) mass is 197 g/mol. The van der Waals surface area contributed by atoms with Gasteiger partial charge in [0.15, 0.2) is 0 Å². The Hall–Kier alpha value is -0.690. The normalized spacial score (nSPS) is 12.5. The van der Waals surface area contributed by atoms with E-state index in [-0.39, 0.29) is 0 Å². The smallest absolute Gasteiger partial charge is 0.127 e. The maximum atomic E-state index is 5.71. The molecular weight excluding hydrogens is 184 g/mol. The highest BCUT2D eigenvalue weighted by atomic mass is 35.5. The van der Waals surface area contributed by atoms with Crippen LogP contribution in [0.15, 0.2) is 18.2 Å². The van der Waals surface area contributed by atoms with E-state index in [1.807, 2.05) is 12.1 Å². The molecule has 1 nitrogen and oxygen atoms in total. The minimum Gasteiger partial charge on any atom is -0.493 e. The molecule has 0 N–H and O–H groups in total. The fraction of sp³-hybridized carbons (Fsp3) is 0.455. The second-order valence-electron chi connectivity index (χ2n) is 3.20. The highest BCUT2D eigenvalue weighted by Gasteiger charge is 1.99. The van der Waals surface area contributed by atoms with Crippen molar-refractivity contribution in [2.75, 3.05) is 6.61 Å². The Labute approximate surface area is 84.7 Å². The van der Waals surface area contributed by atoms with Crippen molar-refractivity contribution in [1.29, 1.82) is 0 Å². The van der Waals surface area contributed by atoms with Gasteiger partial charge in [-0.15, -0.1) is 0 Å². The van der Waals surface area contributed by atoms with Gasteiger partial charge in [0, 0.05) is 11.1 Å². The Morgan fingerprint density at radius 3 is 2.85 bits per heavy atom. The largest absolute Gasteiger partial charge is 0.493 e. The number of hydrogen-bond acceptors (Lipinski definition) is 1. The molecule has 2 heteroatoms. The van der Waals surface area contributed by atoms with Gasteiger partial charge in [0.1, 0.15) is 5.75 Å². The molecular formula is C11H14ClO. The highest BCUT2D eigenvalue weighted by molar-refractivity contribution is 6.30. The van der Waals surface area contributed by atoms with E-state index in [4.69, 9.17) is 16.3 Å². The van der Waals surface area contributed by atoms with Gasteiger partial charge in [-0.3, -0.25) is 0 Å². The summed E-state index contributed by atoms with van der Waals surface area (Å²) in [7, 11) is 0. The summed E-state index contributed by atoms with van der Waals surface area (Å²) in [6.45, 7) is 5.06. The van der Waals surface area contributed by atoms with Crippen LogP contribution >= 0.6 is 11.6 Å². The van der Waals surface area contributed by atoms with Crippen molar-refractivity contribution in [3.8, 4) is 5.75 Å². The zero-order chi connectivity index (χ0) is 9.68. The molecule has 1 aromatic rings. The summed E-state index contributed by atoms with van der Waals surface area (Å²) < 4.78 is 5.50. The Bertz CT molecular complexity index is 243. The van der Waals surface area contributed by atoms with E-state index in [1.54, 1.807) is 6.07 Å². The fourth-order valence-electron chi connectivity index (χ4n) is 0.831. The Balaban J connectivity index is 2.41. The summed E-state index contributed by atoms with van der Waals surface area (Å²) in [5, 5.41) is 0.691. The summed E-state index contributed by atoms with van der Waals surface area (Å²) in [4.78, 5) is 0. The average Bonchev–Trinajstić information content (AvgIpc) is 2.16. The van der Waals surface area contributed by atoms with Crippen LogP contribution in [0.5, 0.6) is 5.75 Å². The summed E-state index contributed by atoms with van der Waals surface area (Å²) >= 11 is 5.71. The molecule has 0 amide bonds. The number of benzene rings is 1. The first-order valence-corrected chi connectivity index (χ1v) is 4.90. The van der Waals surface area contributed by atoms with Crippen LogP contribution in [0.4, 0.5) is 0 Å². The summed E-state index contributed by atoms with van der Waals surface area (Å²) in [6, 6.07) is 8.33. The molecule has 0 bridgehead atoms. The number of hydrogen-bond donors (Lipinski definition) is 0. The molecule has 13 heavy (non-hydrogen) atoms. The lowest BCUT2D eigenvalue weighted by Crippen LogP contribution is -2.06. The highest BCUT2D eigenvalue weighted by Crippen LogP contribution is 2.15. The van der Waals surface area contributed by atoms with Gasteiger partial charge in [-0.05, 0) is 24.1 Å². The van der Waals surface area contributed by atoms with E-state index in [1.165, 1.54) is 0 Å². The third-order valence-corrected chi connectivity index (χ3v) is 2.20. The van der Waals surface area contributed by atoms with Crippen LogP contribution < -0.4 is 4.74 Å². The van der Waals surface area contributed by atoms with Crippen LogP contribution in [0.25, 0.3) is 0 Å². The van der Waals surface area contributed by atoms with Crippen molar-refractivity contribution in [1.82, 2.24) is 0 Å². The van der Waals surface area contributed by atoms with Crippen LogP contribution in [-0.2, 0) is 0 Å². The van der Waals surface area contributed by atoms with E-state index in [2.05, 4.69) is 19.9 Å². The van der Waals surface area contributed by atoms with Crippen LogP contribution in [0, 0.1) is 12.0 Å². The van der Waals surface area contributed by atoms with Crippen LogP contribution in [0.3, 0.4) is 0 Å². The van der Waals surface area contributed by atoms with Crippen LogP contribution in [-0.4, -0.2) is 6.61 Å². The molecule has 71 valence electrons. The Morgan fingerprint density at radius 1 is 1.54 bits per heavy atom. The molecule has 0 unspecified atom stereocenters. The zero-order valence-electron chi connectivity index (χ0n) is 8.01. The molecule has 0 heterocycles. The van der Waals surface area contributed by atoms with E-state index < -0.39 is 0 Å². The molecule has 1 radical (unpaired) electrons. The molecule has 0 aliphatic rings. The van der Waals surface area contributed by atoms with Crippen molar-refractivity contribution in [2.45, 2.75) is 20.3 Å². The van der Waals surface area contributed by atoms with Gasteiger partial charge in [0.05, 0.1) is 6.61 Å². The molecule has 0 aliphatic heterocycles. The topological polar surface area (TPSA) is 9.23 Å². The van der Waals surface area contributed by atoms with Crippen molar-refractivity contribution in [3.05, 3.63) is 29.3 Å². The van der Waals surface area contributed by atoms with E-state index in [0.29, 0.717) is 10.9 Å². The number of ether oxygens (including phenoxy) is 1. The third-order valence-electron chi connectivity index (χ3n) is 1.97. The molecule has 0 aromatic heterocycles. The fourth-order valence-corrected chi connectivity index (χ4v) is 0.949. The van der Waals surface area contributed by atoms with Gasteiger partial charge >= 0.3 is 0 Å². The molecule has 0 saturated heterocycles. The van der Waals surface area contributed by atoms with Crippen LogP contribution in [0.1, 0.15) is 20.3 Å². The van der Waals surface area contributed by atoms with E-state index in [0.717, 1.165) is 18.8 Å². The van der Waals surface area contributed by atoms with Gasteiger partial charge in [-0.25, -0.2) is 0 Å². The van der Waals surface area contributed by atoms with E-state index in [9.17, 15) is 0 Å².